The first kappa shape index (κ1) is 19.4. The molecule has 0 bridgehead atoms. The number of likely N-dealkylation sites (tertiary alicyclic amines) is 1. The average molecular weight is 405 g/mol. The Balaban J connectivity index is 1.15. The van der Waals surface area contributed by atoms with Crippen molar-refractivity contribution < 1.29 is 18.3 Å². The summed E-state index contributed by atoms with van der Waals surface area (Å²) in [6, 6.07) is 3.60. The molecular weight excluding hydrogens is 376 g/mol. The number of hydrogen-bond acceptors (Lipinski definition) is 4. The highest BCUT2D eigenvalue weighted by Gasteiger charge is 2.45. The summed E-state index contributed by atoms with van der Waals surface area (Å²) in [6.45, 7) is 2.48. The van der Waals surface area contributed by atoms with Crippen molar-refractivity contribution in [2.45, 2.75) is 56.3 Å². The van der Waals surface area contributed by atoms with Gasteiger partial charge in [0.15, 0.2) is 0 Å². The summed E-state index contributed by atoms with van der Waals surface area (Å²) in [7, 11) is 0. The van der Waals surface area contributed by atoms with Crippen molar-refractivity contribution in [3.63, 3.8) is 0 Å². The molecule has 2 saturated carbocycles. The molecule has 1 aromatic rings. The van der Waals surface area contributed by atoms with Crippen molar-refractivity contribution in [3.05, 3.63) is 35.4 Å². The molecule has 5 atom stereocenters. The second kappa shape index (κ2) is 7.60. The van der Waals surface area contributed by atoms with E-state index in [0.717, 1.165) is 50.9 Å². The van der Waals surface area contributed by atoms with Crippen LogP contribution in [0.3, 0.4) is 0 Å². The van der Waals surface area contributed by atoms with Gasteiger partial charge >= 0.3 is 0 Å². The van der Waals surface area contributed by atoms with Crippen LogP contribution in [0.5, 0.6) is 0 Å². The molecule has 1 aromatic carbocycles. The molecule has 4 aliphatic rings. The zero-order chi connectivity index (χ0) is 20.1. The summed E-state index contributed by atoms with van der Waals surface area (Å²) in [5, 5.41) is 3.24. The maximum atomic E-state index is 14.1. The van der Waals surface area contributed by atoms with Gasteiger partial charge in [-0.2, -0.15) is 0 Å². The molecule has 0 aromatic heterocycles. The molecule has 0 spiro atoms. The summed E-state index contributed by atoms with van der Waals surface area (Å²) >= 11 is 0. The summed E-state index contributed by atoms with van der Waals surface area (Å²) in [4.78, 5) is 14.5. The highest BCUT2D eigenvalue weighted by molar-refractivity contribution is 5.81. The third-order valence-electron chi connectivity index (χ3n) is 7.26. The van der Waals surface area contributed by atoms with Crippen LogP contribution in [0.1, 0.15) is 43.8 Å². The lowest BCUT2D eigenvalue weighted by molar-refractivity contribution is -0.123. The Morgan fingerprint density at radius 3 is 2.52 bits per heavy atom. The fraction of sp³-hybridized carbons (Fsp3) is 0.682. The Bertz CT molecular complexity index is 773. The summed E-state index contributed by atoms with van der Waals surface area (Å²) in [5.74, 6) is 0.774. The van der Waals surface area contributed by atoms with Crippen LogP contribution < -0.4 is 11.1 Å². The molecule has 1 amide bonds. The van der Waals surface area contributed by atoms with Crippen molar-refractivity contribution in [1.82, 2.24) is 10.2 Å². The van der Waals surface area contributed by atoms with Gasteiger partial charge in [-0.15, -0.1) is 0 Å². The standard InChI is InChI=1S/C22H29F2N3O2/c23-15-3-4-19(24)18(7-15)21-20(25)8-17(11-29-21)27-9-13-5-16(6-14(13)10-27)26-22(28)12-1-2-12/h3-4,7,12-14,16-17,20-21H,1-2,5-6,8-11,25H2,(H,26,28)/t13?,14?,16?,17-,20+,21-/m1/s1. The van der Waals surface area contributed by atoms with E-state index in [1.165, 1.54) is 6.07 Å². The second-order valence-electron chi connectivity index (χ2n) is 9.40. The van der Waals surface area contributed by atoms with Crippen molar-refractivity contribution in [2.75, 3.05) is 19.7 Å². The molecule has 0 radical (unpaired) electrons. The minimum atomic E-state index is -0.605. The molecule has 29 heavy (non-hydrogen) atoms. The Morgan fingerprint density at radius 2 is 1.86 bits per heavy atom. The number of nitrogens with zero attached hydrogens (tertiary/aromatic N) is 1. The van der Waals surface area contributed by atoms with Gasteiger partial charge in [0.2, 0.25) is 5.91 Å². The summed E-state index contributed by atoms with van der Waals surface area (Å²) in [6.07, 6.45) is 4.30. The SMILES string of the molecule is N[C@H]1C[C@@H](N2CC3CC(NC(=O)C4CC4)CC3C2)CO[C@@H]1c1cc(F)ccc1F. The maximum absolute atomic E-state index is 14.1. The highest BCUT2D eigenvalue weighted by Crippen LogP contribution is 2.41. The molecule has 2 saturated heterocycles. The number of benzene rings is 1. The number of nitrogens with one attached hydrogen (secondary N) is 1. The largest absolute Gasteiger partial charge is 0.370 e. The number of amides is 1. The van der Waals surface area contributed by atoms with E-state index in [-0.39, 0.29) is 29.5 Å². The minimum absolute atomic E-state index is 0.211. The topological polar surface area (TPSA) is 67.6 Å². The zero-order valence-corrected chi connectivity index (χ0v) is 16.5. The van der Waals surface area contributed by atoms with Gasteiger partial charge < -0.3 is 15.8 Å². The molecule has 5 nitrogen and oxygen atoms in total. The Hall–Kier alpha value is -1.57. The fourth-order valence-electron chi connectivity index (χ4n) is 5.57. The van der Waals surface area contributed by atoms with Crippen LogP contribution in [0.4, 0.5) is 8.78 Å². The predicted molar refractivity (Wildman–Crippen MR) is 104 cm³/mol. The first-order chi connectivity index (χ1) is 14.0. The molecule has 2 aliphatic heterocycles. The molecule has 7 heteroatoms. The molecular formula is C22H29F2N3O2. The summed E-state index contributed by atoms with van der Waals surface area (Å²) < 4.78 is 33.6. The lowest BCUT2D eigenvalue weighted by atomic mass is 9.93. The molecule has 158 valence electrons. The average Bonchev–Trinajstić information content (AvgIpc) is 3.37. The third-order valence-corrected chi connectivity index (χ3v) is 7.26. The van der Waals surface area contributed by atoms with Crippen LogP contribution in [0, 0.1) is 29.4 Å². The number of nitrogens with two attached hydrogens (primary N) is 1. The van der Waals surface area contributed by atoms with Crippen LogP contribution in [0.15, 0.2) is 18.2 Å². The number of carbonyl (C=O) groups excluding carboxylic acids is 1. The van der Waals surface area contributed by atoms with Crippen LogP contribution in [-0.4, -0.2) is 48.6 Å². The van der Waals surface area contributed by atoms with Crippen LogP contribution in [0.25, 0.3) is 0 Å². The lowest BCUT2D eigenvalue weighted by Gasteiger charge is -2.39. The number of ether oxygens (including phenoxy) is 1. The van der Waals surface area contributed by atoms with Crippen molar-refractivity contribution in [2.24, 2.45) is 23.5 Å². The van der Waals surface area contributed by atoms with Gasteiger partial charge in [-0.1, -0.05) is 0 Å². The normalized spacial score (nSPS) is 37.5. The number of fused-ring (bicyclic) bond motifs is 1. The van der Waals surface area contributed by atoms with Gasteiger partial charge in [0.25, 0.3) is 0 Å². The van der Waals surface area contributed by atoms with E-state index in [0.29, 0.717) is 30.9 Å². The fourth-order valence-corrected chi connectivity index (χ4v) is 5.57. The van der Waals surface area contributed by atoms with E-state index in [2.05, 4.69) is 10.2 Å². The molecule has 2 heterocycles. The van der Waals surface area contributed by atoms with Gasteiger partial charge in [-0.05, 0) is 62.1 Å². The third kappa shape index (κ3) is 3.92. The van der Waals surface area contributed by atoms with E-state index in [4.69, 9.17) is 10.5 Å². The van der Waals surface area contributed by atoms with Crippen LogP contribution in [0.2, 0.25) is 0 Å². The highest BCUT2D eigenvalue weighted by atomic mass is 19.1. The Labute approximate surface area is 170 Å². The molecule has 5 rings (SSSR count). The van der Waals surface area contributed by atoms with Crippen molar-refractivity contribution in [1.29, 1.82) is 0 Å². The van der Waals surface area contributed by atoms with Gasteiger partial charge in [0.1, 0.15) is 17.7 Å². The van der Waals surface area contributed by atoms with E-state index >= 15 is 0 Å². The number of halogens is 2. The molecule has 2 unspecified atom stereocenters. The van der Waals surface area contributed by atoms with Gasteiger partial charge in [0.05, 0.1) is 6.61 Å². The first-order valence-electron chi connectivity index (χ1n) is 10.8. The lowest BCUT2D eigenvalue weighted by Crippen LogP contribution is -2.49. The summed E-state index contributed by atoms with van der Waals surface area (Å²) in [5.41, 5.74) is 6.54. The molecule has 4 fully saturated rings. The number of rotatable bonds is 4. The van der Waals surface area contributed by atoms with E-state index < -0.39 is 17.7 Å². The number of hydrogen-bond donors (Lipinski definition) is 2. The maximum Gasteiger partial charge on any atom is 0.223 e. The minimum Gasteiger partial charge on any atom is -0.370 e. The smallest absolute Gasteiger partial charge is 0.223 e. The first-order valence-corrected chi connectivity index (χ1v) is 10.8. The quantitative estimate of drug-likeness (QED) is 0.807. The van der Waals surface area contributed by atoms with Crippen molar-refractivity contribution in [3.8, 4) is 0 Å². The van der Waals surface area contributed by atoms with E-state index in [9.17, 15) is 13.6 Å². The van der Waals surface area contributed by atoms with Gasteiger partial charge in [-0.3, -0.25) is 9.69 Å². The second-order valence-corrected chi connectivity index (χ2v) is 9.40. The molecule has 2 aliphatic carbocycles. The van der Waals surface area contributed by atoms with Crippen molar-refractivity contribution >= 4 is 5.91 Å². The molecule has 3 N–H and O–H groups in total. The number of carbonyl (C=O) groups is 1. The van der Waals surface area contributed by atoms with Gasteiger partial charge in [-0.25, -0.2) is 8.78 Å². The zero-order valence-electron chi connectivity index (χ0n) is 16.5. The van der Waals surface area contributed by atoms with Gasteiger partial charge in [0, 0.05) is 42.7 Å². The van der Waals surface area contributed by atoms with Crippen LogP contribution >= 0.6 is 0 Å². The predicted octanol–water partition coefficient (Wildman–Crippen LogP) is 2.36. The Morgan fingerprint density at radius 1 is 1.14 bits per heavy atom. The Kier molecular flexibility index (Phi) is 5.08. The van der Waals surface area contributed by atoms with Crippen LogP contribution in [-0.2, 0) is 9.53 Å². The van der Waals surface area contributed by atoms with E-state index in [1.54, 1.807) is 0 Å². The monoisotopic (exact) mass is 405 g/mol. The van der Waals surface area contributed by atoms with E-state index in [1.807, 2.05) is 0 Å².